The maximum atomic E-state index is 5.79. The van der Waals surface area contributed by atoms with Crippen LogP contribution in [-0.2, 0) is 6.42 Å². The molecule has 1 unspecified atom stereocenters. The minimum atomic E-state index is 0.538. The van der Waals surface area contributed by atoms with Gasteiger partial charge in [-0.05, 0) is 34.9 Å². The van der Waals surface area contributed by atoms with Crippen molar-refractivity contribution >= 4 is 10.8 Å². The van der Waals surface area contributed by atoms with E-state index in [0.29, 0.717) is 5.92 Å². The third kappa shape index (κ3) is 0.933. The van der Waals surface area contributed by atoms with Crippen molar-refractivity contribution in [3.63, 3.8) is 0 Å². The lowest BCUT2D eigenvalue weighted by Gasteiger charge is -2.06. The normalized spacial score (nSPS) is 19.1. The Kier molecular flexibility index (Phi) is 1.62. The van der Waals surface area contributed by atoms with E-state index in [9.17, 15) is 0 Å². The Morgan fingerprint density at radius 2 is 1.93 bits per heavy atom. The molecule has 0 aliphatic heterocycles. The molecule has 1 aliphatic rings. The highest BCUT2D eigenvalue weighted by atomic mass is 14.6. The van der Waals surface area contributed by atoms with Crippen molar-refractivity contribution < 1.29 is 0 Å². The zero-order valence-electron chi connectivity index (χ0n) is 8.03. The summed E-state index contributed by atoms with van der Waals surface area (Å²) in [5, 5.41) is 2.81. The SMILES string of the molecule is NCC1Cc2cccc3cccc1c23. The number of hydrogen-bond donors (Lipinski definition) is 1. The molecule has 0 fully saturated rings. The number of rotatable bonds is 1. The van der Waals surface area contributed by atoms with E-state index in [0.717, 1.165) is 13.0 Å². The van der Waals surface area contributed by atoms with E-state index in [2.05, 4.69) is 36.4 Å². The minimum absolute atomic E-state index is 0.538. The molecule has 2 aromatic rings. The predicted molar refractivity (Wildman–Crippen MR) is 59.4 cm³/mol. The first kappa shape index (κ1) is 8.01. The first-order chi connectivity index (χ1) is 6.90. The van der Waals surface area contributed by atoms with Crippen LogP contribution in [0.4, 0.5) is 0 Å². The van der Waals surface area contributed by atoms with Crippen molar-refractivity contribution in [1.29, 1.82) is 0 Å². The van der Waals surface area contributed by atoms with Crippen LogP contribution in [0.3, 0.4) is 0 Å². The Hall–Kier alpha value is -1.34. The lowest BCUT2D eigenvalue weighted by Crippen LogP contribution is -2.10. The number of benzene rings is 2. The molecule has 1 nitrogen and oxygen atoms in total. The van der Waals surface area contributed by atoms with Crippen molar-refractivity contribution in [2.24, 2.45) is 5.73 Å². The Morgan fingerprint density at radius 3 is 2.71 bits per heavy atom. The Bertz CT molecular complexity index is 482. The van der Waals surface area contributed by atoms with Gasteiger partial charge in [0, 0.05) is 5.92 Å². The van der Waals surface area contributed by atoms with Crippen LogP contribution in [0.15, 0.2) is 36.4 Å². The highest BCUT2D eigenvalue weighted by Crippen LogP contribution is 2.37. The van der Waals surface area contributed by atoms with E-state index in [1.807, 2.05) is 0 Å². The monoisotopic (exact) mass is 183 g/mol. The van der Waals surface area contributed by atoms with Crippen LogP contribution in [0.5, 0.6) is 0 Å². The average Bonchev–Trinajstić information content (AvgIpc) is 2.60. The van der Waals surface area contributed by atoms with Crippen LogP contribution >= 0.6 is 0 Å². The molecular weight excluding hydrogens is 170 g/mol. The Morgan fingerprint density at radius 1 is 1.14 bits per heavy atom. The Balaban J connectivity index is 2.38. The largest absolute Gasteiger partial charge is 0.330 e. The van der Waals surface area contributed by atoms with Crippen LogP contribution < -0.4 is 5.73 Å². The maximum Gasteiger partial charge on any atom is 0.000804 e. The third-order valence-electron chi connectivity index (χ3n) is 3.21. The zero-order chi connectivity index (χ0) is 9.54. The summed E-state index contributed by atoms with van der Waals surface area (Å²) in [6.07, 6.45) is 1.12. The highest BCUT2D eigenvalue weighted by molar-refractivity contribution is 5.91. The van der Waals surface area contributed by atoms with Crippen molar-refractivity contribution in [3.8, 4) is 0 Å². The van der Waals surface area contributed by atoms with Crippen molar-refractivity contribution in [3.05, 3.63) is 47.5 Å². The highest BCUT2D eigenvalue weighted by Gasteiger charge is 2.22. The lowest BCUT2D eigenvalue weighted by atomic mass is 10.0. The summed E-state index contributed by atoms with van der Waals surface area (Å²) >= 11 is 0. The van der Waals surface area contributed by atoms with Crippen LogP contribution in [-0.4, -0.2) is 6.54 Å². The summed E-state index contributed by atoms with van der Waals surface area (Å²) in [7, 11) is 0. The van der Waals surface area contributed by atoms with E-state index >= 15 is 0 Å². The molecule has 0 radical (unpaired) electrons. The quantitative estimate of drug-likeness (QED) is 0.722. The van der Waals surface area contributed by atoms with Gasteiger partial charge in [0.05, 0.1) is 0 Å². The molecule has 0 aromatic heterocycles. The lowest BCUT2D eigenvalue weighted by molar-refractivity contribution is 0.724. The fraction of sp³-hybridized carbons (Fsp3) is 0.231. The van der Waals surface area contributed by atoms with Crippen molar-refractivity contribution in [2.75, 3.05) is 6.54 Å². The topological polar surface area (TPSA) is 26.0 Å². The molecule has 1 atom stereocenters. The predicted octanol–water partition coefficient (Wildman–Crippen LogP) is 2.44. The standard InChI is InChI=1S/C13H13N/c14-8-11-7-10-5-1-3-9-4-2-6-12(11)13(9)10/h1-6,11H,7-8,14H2. The summed E-state index contributed by atoms with van der Waals surface area (Å²) in [6, 6.07) is 13.1. The molecule has 2 aromatic carbocycles. The van der Waals surface area contributed by atoms with Crippen molar-refractivity contribution in [1.82, 2.24) is 0 Å². The fourth-order valence-electron chi connectivity index (χ4n) is 2.55. The molecule has 0 saturated carbocycles. The van der Waals surface area contributed by atoms with E-state index < -0.39 is 0 Å². The zero-order valence-corrected chi connectivity index (χ0v) is 8.03. The smallest absolute Gasteiger partial charge is 0.000804 e. The molecule has 0 saturated heterocycles. The van der Waals surface area contributed by atoms with Gasteiger partial charge in [-0.15, -0.1) is 0 Å². The molecule has 1 heteroatoms. The molecule has 0 amide bonds. The molecule has 3 rings (SSSR count). The van der Waals surface area contributed by atoms with Gasteiger partial charge in [-0.1, -0.05) is 36.4 Å². The Labute approximate surface area is 83.5 Å². The van der Waals surface area contributed by atoms with Gasteiger partial charge in [0.15, 0.2) is 0 Å². The summed E-state index contributed by atoms with van der Waals surface area (Å²) in [4.78, 5) is 0. The van der Waals surface area contributed by atoms with E-state index in [1.54, 1.807) is 0 Å². The average molecular weight is 183 g/mol. The summed E-state index contributed by atoms with van der Waals surface area (Å²) in [5.41, 5.74) is 8.70. The molecule has 14 heavy (non-hydrogen) atoms. The second-order valence-corrected chi connectivity index (χ2v) is 4.00. The van der Waals surface area contributed by atoms with Crippen LogP contribution in [0, 0.1) is 0 Å². The van der Waals surface area contributed by atoms with Crippen LogP contribution in [0.1, 0.15) is 17.0 Å². The number of hydrogen-bond acceptors (Lipinski definition) is 1. The summed E-state index contributed by atoms with van der Waals surface area (Å²) in [5.74, 6) is 0.538. The molecule has 1 aliphatic carbocycles. The van der Waals surface area contributed by atoms with Gasteiger partial charge in [-0.3, -0.25) is 0 Å². The van der Waals surface area contributed by atoms with Gasteiger partial charge in [-0.25, -0.2) is 0 Å². The first-order valence-corrected chi connectivity index (χ1v) is 5.11. The molecular formula is C13H13N. The maximum absolute atomic E-state index is 5.79. The molecule has 70 valence electrons. The van der Waals surface area contributed by atoms with Crippen molar-refractivity contribution in [2.45, 2.75) is 12.3 Å². The van der Waals surface area contributed by atoms with Gasteiger partial charge in [0.1, 0.15) is 0 Å². The van der Waals surface area contributed by atoms with Gasteiger partial charge in [0.2, 0.25) is 0 Å². The fourth-order valence-corrected chi connectivity index (χ4v) is 2.55. The van der Waals surface area contributed by atoms with Gasteiger partial charge in [-0.2, -0.15) is 0 Å². The van der Waals surface area contributed by atoms with Gasteiger partial charge in [0.25, 0.3) is 0 Å². The van der Waals surface area contributed by atoms with Gasteiger partial charge < -0.3 is 5.73 Å². The summed E-state index contributed by atoms with van der Waals surface area (Å²) in [6.45, 7) is 0.758. The summed E-state index contributed by atoms with van der Waals surface area (Å²) < 4.78 is 0. The molecule has 0 spiro atoms. The molecule has 0 bridgehead atoms. The van der Waals surface area contributed by atoms with E-state index in [1.165, 1.54) is 21.9 Å². The molecule has 0 heterocycles. The second kappa shape index (κ2) is 2.82. The molecule has 2 N–H and O–H groups in total. The van der Waals surface area contributed by atoms with E-state index in [4.69, 9.17) is 5.73 Å². The van der Waals surface area contributed by atoms with E-state index in [-0.39, 0.29) is 0 Å². The first-order valence-electron chi connectivity index (χ1n) is 5.11. The second-order valence-electron chi connectivity index (χ2n) is 4.00. The van der Waals surface area contributed by atoms with Gasteiger partial charge >= 0.3 is 0 Å². The number of nitrogens with two attached hydrogens (primary N) is 1. The van der Waals surface area contributed by atoms with Crippen LogP contribution in [0.25, 0.3) is 10.8 Å². The van der Waals surface area contributed by atoms with Crippen LogP contribution in [0.2, 0.25) is 0 Å². The third-order valence-corrected chi connectivity index (χ3v) is 3.21. The minimum Gasteiger partial charge on any atom is -0.330 e.